The van der Waals surface area contributed by atoms with Crippen LogP contribution in [0.5, 0.6) is 5.75 Å². The van der Waals surface area contributed by atoms with Gasteiger partial charge in [0.1, 0.15) is 11.9 Å². The molecular formula is C17H15BrO2. The molecule has 2 aromatic rings. The van der Waals surface area contributed by atoms with Gasteiger partial charge in [-0.05, 0) is 65.2 Å². The molecule has 0 aliphatic carbocycles. The zero-order chi connectivity index (χ0) is 14.3. The van der Waals surface area contributed by atoms with Gasteiger partial charge in [-0.3, -0.25) is 4.79 Å². The molecule has 0 saturated carbocycles. The van der Waals surface area contributed by atoms with Crippen molar-refractivity contribution in [2.24, 2.45) is 0 Å². The van der Waals surface area contributed by atoms with E-state index in [9.17, 15) is 4.79 Å². The SMILES string of the molecule is Cc1cccc(C(=O)c2ccc3c(c2)CC(C)O3)c1Br. The summed E-state index contributed by atoms with van der Waals surface area (Å²) in [5.74, 6) is 0.945. The maximum Gasteiger partial charge on any atom is 0.194 e. The second-order valence-corrected chi connectivity index (χ2v) is 6.01. The second-order valence-electron chi connectivity index (χ2n) is 5.22. The molecule has 1 atom stereocenters. The summed E-state index contributed by atoms with van der Waals surface area (Å²) in [6.45, 7) is 4.03. The summed E-state index contributed by atoms with van der Waals surface area (Å²) in [5, 5.41) is 0. The number of ketones is 1. The van der Waals surface area contributed by atoms with Crippen LogP contribution in [-0.2, 0) is 6.42 Å². The molecule has 0 N–H and O–H groups in total. The molecule has 0 bridgehead atoms. The molecule has 20 heavy (non-hydrogen) atoms. The lowest BCUT2D eigenvalue weighted by Crippen LogP contribution is -2.05. The molecule has 0 spiro atoms. The minimum Gasteiger partial charge on any atom is -0.490 e. The van der Waals surface area contributed by atoms with Crippen LogP contribution in [0.2, 0.25) is 0 Å². The molecule has 1 aliphatic rings. The number of halogens is 1. The highest BCUT2D eigenvalue weighted by molar-refractivity contribution is 9.10. The van der Waals surface area contributed by atoms with Crippen molar-refractivity contribution in [2.45, 2.75) is 26.4 Å². The van der Waals surface area contributed by atoms with Crippen molar-refractivity contribution < 1.29 is 9.53 Å². The summed E-state index contributed by atoms with van der Waals surface area (Å²) in [5.41, 5.74) is 3.60. The van der Waals surface area contributed by atoms with Gasteiger partial charge in [-0.25, -0.2) is 0 Å². The highest BCUT2D eigenvalue weighted by atomic mass is 79.9. The number of carbonyl (C=O) groups excluding carboxylic acids is 1. The van der Waals surface area contributed by atoms with Crippen LogP contribution in [0.4, 0.5) is 0 Å². The Hall–Kier alpha value is -1.61. The van der Waals surface area contributed by atoms with Crippen molar-refractivity contribution in [3.05, 3.63) is 63.1 Å². The summed E-state index contributed by atoms with van der Waals surface area (Å²) < 4.78 is 6.54. The fourth-order valence-corrected chi connectivity index (χ4v) is 2.99. The molecule has 0 radical (unpaired) electrons. The van der Waals surface area contributed by atoms with E-state index in [1.807, 2.05) is 50.2 Å². The minimum absolute atomic E-state index is 0.0444. The van der Waals surface area contributed by atoms with E-state index in [0.29, 0.717) is 11.1 Å². The third kappa shape index (κ3) is 2.27. The molecule has 3 heteroatoms. The highest BCUT2D eigenvalue weighted by Gasteiger charge is 2.21. The standard InChI is InChI=1S/C17H15BrO2/c1-10-4-3-5-14(16(10)18)17(19)12-6-7-15-13(9-12)8-11(2)20-15/h3-7,9,11H,8H2,1-2H3. The van der Waals surface area contributed by atoms with Gasteiger partial charge < -0.3 is 4.74 Å². The summed E-state index contributed by atoms with van der Waals surface area (Å²) >= 11 is 3.50. The van der Waals surface area contributed by atoms with Crippen LogP contribution < -0.4 is 4.74 Å². The number of rotatable bonds is 2. The molecule has 2 aromatic carbocycles. The number of benzene rings is 2. The van der Waals surface area contributed by atoms with Crippen LogP contribution in [0.25, 0.3) is 0 Å². The summed E-state index contributed by atoms with van der Waals surface area (Å²) in [6, 6.07) is 11.4. The first kappa shape index (κ1) is 13.4. The van der Waals surface area contributed by atoms with Crippen molar-refractivity contribution >= 4 is 21.7 Å². The molecule has 0 amide bonds. The van der Waals surface area contributed by atoms with E-state index in [-0.39, 0.29) is 11.9 Å². The molecule has 102 valence electrons. The predicted octanol–water partition coefficient (Wildman–Crippen LogP) is 4.31. The molecular weight excluding hydrogens is 316 g/mol. The van der Waals surface area contributed by atoms with Crippen LogP contribution >= 0.6 is 15.9 Å². The van der Waals surface area contributed by atoms with Crippen molar-refractivity contribution in [3.8, 4) is 5.75 Å². The fraction of sp³-hybridized carbons (Fsp3) is 0.235. The Morgan fingerprint density at radius 3 is 2.90 bits per heavy atom. The normalized spacial score (nSPS) is 16.6. The van der Waals surface area contributed by atoms with E-state index in [0.717, 1.165) is 27.8 Å². The minimum atomic E-state index is 0.0444. The van der Waals surface area contributed by atoms with Crippen molar-refractivity contribution in [1.29, 1.82) is 0 Å². The number of carbonyl (C=O) groups is 1. The number of ether oxygens (including phenoxy) is 1. The van der Waals surface area contributed by atoms with Crippen molar-refractivity contribution in [1.82, 2.24) is 0 Å². The molecule has 0 fully saturated rings. The lowest BCUT2D eigenvalue weighted by atomic mass is 9.99. The predicted molar refractivity (Wildman–Crippen MR) is 82.5 cm³/mol. The highest BCUT2D eigenvalue weighted by Crippen LogP contribution is 2.31. The summed E-state index contributed by atoms with van der Waals surface area (Å²) in [6.07, 6.45) is 1.06. The molecule has 1 aliphatic heterocycles. The first-order valence-corrected chi connectivity index (χ1v) is 7.45. The van der Waals surface area contributed by atoms with Gasteiger partial charge in [-0.2, -0.15) is 0 Å². The lowest BCUT2D eigenvalue weighted by Gasteiger charge is -2.07. The Morgan fingerprint density at radius 2 is 2.10 bits per heavy atom. The van der Waals surface area contributed by atoms with Gasteiger partial charge in [0, 0.05) is 22.0 Å². The molecule has 0 aromatic heterocycles. The van der Waals surface area contributed by atoms with Crippen LogP contribution in [-0.4, -0.2) is 11.9 Å². The first-order chi connectivity index (χ1) is 9.56. The Morgan fingerprint density at radius 1 is 1.30 bits per heavy atom. The second kappa shape index (κ2) is 5.06. The Labute approximate surface area is 126 Å². The average Bonchev–Trinajstić information content (AvgIpc) is 2.80. The van der Waals surface area contributed by atoms with Crippen molar-refractivity contribution in [2.75, 3.05) is 0 Å². The number of aryl methyl sites for hydroxylation is 1. The third-order valence-electron chi connectivity index (χ3n) is 3.59. The monoisotopic (exact) mass is 330 g/mol. The maximum atomic E-state index is 12.6. The number of hydrogen-bond donors (Lipinski definition) is 0. The Bertz CT molecular complexity index is 691. The van der Waals surface area contributed by atoms with E-state index >= 15 is 0 Å². The Kier molecular flexibility index (Phi) is 3.38. The van der Waals surface area contributed by atoms with Gasteiger partial charge >= 0.3 is 0 Å². The third-order valence-corrected chi connectivity index (χ3v) is 4.65. The lowest BCUT2D eigenvalue weighted by molar-refractivity contribution is 0.103. The van der Waals surface area contributed by atoms with Gasteiger partial charge in [0.25, 0.3) is 0 Å². The fourth-order valence-electron chi connectivity index (χ4n) is 2.54. The van der Waals surface area contributed by atoms with Crippen LogP contribution in [0, 0.1) is 6.92 Å². The van der Waals surface area contributed by atoms with Gasteiger partial charge in [-0.15, -0.1) is 0 Å². The molecule has 1 heterocycles. The van der Waals surface area contributed by atoms with Crippen LogP contribution in [0.1, 0.15) is 34.0 Å². The summed E-state index contributed by atoms with van der Waals surface area (Å²) in [7, 11) is 0. The summed E-state index contributed by atoms with van der Waals surface area (Å²) in [4.78, 5) is 12.6. The largest absolute Gasteiger partial charge is 0.490 e. The Balaban J connectivity index is 2.00. The zero-order valence-electron chi connectivity index (χ0n) is 11.4. The smallest absolute Gasteiger partial charge is 0.194 e. The van der Waals surface area contributed by atoms with E-state index in [2.05, 4.69) is 15.9 Å². The molecule has 1 unspecified atom stereocenters. The number of hydrogen-bond acceptors (Lipinski definition) is 2. The van der Waals surface area contributed by atoms with Gasteiger partial charge in [-0.1, -0.05) is 12.1 Å². The van der Waals surface area contributed by atoms with E-state index in [4.69, 9.17) is 4.74 Å². The molecule has 2 nitrogen and oxygen atoms in total. The van der Waals surface area contributed by atoms with E-state index in [1.54, 1.807) is 0 Å². The van der Waals surface area contributed by atoms with Gasteiger partial charge in [0.15, 0.2) is 5.78 Å². The van der Waals surface area contributed by atoms with Gasteiger partial charge in [0.2, 0.25) is 0 Å². The first-order valence-electron chi connectivity index (χ1n) is 6.65. The average molecular weight is 331 g/mol. The maximum absolute atomic E-state index is 12.6. The van der Waals surface area contributed by atoms with Crippen LogP contribution in [0.15, 0.2) is 40.9 Å². The number of fused-ring (bicyclic) bond motifs is 1. The molecule has 3 rings (SSSR count). The van der Waals surface area contributed by atoms with Crippen molar-refractivity contribution in [3.63, 3.8) is 0 Å². The van der Waals surface area contributed by atoms with Crippen LogP contribution in [0.3, 0.4) is 0 Å². The molecule has 0 saturated heterocycles. The zero-order valence-corrected chi connectivity index (χ0v) is 13.0. The van der Waals surface area contributed by atoms with E-state index < -0.39 is 0 Å². The quantitative estimate of drug-likeness (QED) is 0.767. The van der Waals surface area contributed by atoms with E-state index in [1.165, 1.54) is 0 Å². The van der Waals surface area contributed by atoms with Gasteiger partial charge in [0.05, 0.1) is 0 Å². The topological polar surface area (TPSA) is 26.3 Å².